The fourth-order valence-corrected chi connectivity index (χ4v) is 2.09. The van der Waals surface area contributed by atoms with Gasteiger partial charge in [-0.2, -0.15) is 0 Å². The third-order valence-electron chi connectivity index (χ3n) is 2.16. The molecule has 0 atom stereocenters. The third-order valence-corrected chi connectivity index (χ3v) is 3.89. The first-order valence-corrected chi connectivity index (χ1v) is 6.92. The number of hydrogen-bond acceptors (Lipinski definition) is 4. The Kier molecular flexibility index (Phi) is 7.26. The molecule has 0 fully saturated rings. The molecule has 1 heterocycles. The summed E-state index contributed by atoms with van der Waals surface area (Å²) in [5, 5.41) is 0.532. The predicted molar refractivity (Wildman–Crippen MR) is 75.5 cm³/mol. The molecule has 0 spiro atoms. The molecule has 0 amide bonds. The van der Waals surface area contributed by atoms with Gasteiger partial charge < -0.3 is 9.47 Å². The highest BCUT2D eigenvalue weighted by atomic mass is 127. The summed E-state index contributed by atoms with van der Waals surface area (Å²) in [5.74, 6) is 0.740. The standard InChI is InChI=1S/C11H16ClIN2O2/c1-3-8-10(13)11(12)15-9(14-8)4-5-17-7-6-16-2/h3-7H2,1-2H3. The lowest BCUT2D eigenvalue weighted by atomic mass is 10.3. The SMILES string of the molecule is CCc1nc(CCOCCOC)nc(Cl)c1I. The molecule has 0 aliphatic rings. The monoisotopic (exact) mass is 370 g/mol. The summed E-state index contributed by atoms with van der Waals surface area (Å²) >= 11 is 8.21. The molecule has 6 heteroatoms. The minimum atomic E-state index is 0.532. The predicted octanol–water partition coefficient (Wildman–Crippen LogP) is 2.50. The maximum Gasteiger partial charge on any atom is 0.146 e. The van der Waals surface area contributed by atoms with Crippen LogP contribution >= 0.6 is 34.2 Å². The fraction of sp³-hybridized carbons (Fsp3) is 0.636. The molecular formula is C11H16ClIN2O2. The molecule has 0 bridgehead atoms. The van der Waals surface area contributed by atoms with Gasteiger partial charge in [0.05, 0.1) is 29.1 Å². The van der Waals surface area contributed by atoms with E-state index in [4.69, 9.17) is 21.1 Å². The van der Waals surface area contributed by atoms with Gasteiger partial charge in [0.15, 0.2) is 0 Å². The van der Waals surface area contributed by atoms with Crippen molar-refractivity contribution in [1.82, 2.24) is 9.97 Å². The van der Waals surface area contributed by atoms with Crippen LogP contribution in [0.3, 0.4) is 0 Å². The van der Waals surface area contributed by atoms with Crippen LogP contribution in [0.15, 0.2) is 0 Å². The van der Waals surface area contributed by atoms with Crippen molar-refractivity contribution in [2.24, 2.45) is 0 Å². The lowest BCUT2D eigenvalue weighted by Crippen LogP contribution is -2.09. The van der Waals surface area contributed by atoms with Gasteiger partial charge in [-0.15, -0.1) is 0 Å². The van der Waals surface area contributed by atoms with Gasteiger partial charge in [0.25, 0.3) is 0 Å². The smallest absolute Gasteiger partial charge is 0.146 e. The molecule has 1 aromatic heterocycles. The molecule has 0 aromatic carbocycles. The molecule has 17 heavy (non-hydrogen) atoms. The number of halogens is 2. The lowest BCUT2D eigenvalue weighted by molar-refractivity contribution is 0.0716. The Morgan fingerprint density at radius 3 is 2.65 bits per heavy atom. The Balaban J connectivity index is 2.51. The average Bonchev–Trinajstić information content (AvgIpc) is 2.33. The maximum absolute atomic E-state index is 6.04. The number of methoxy groups -OCH3 is 1. The molecule has 0 aliphatic heterocycles. The summed E-state index contributed by atoms with van der Waals surface area (Å²) < 4.78 is 11.2. The van der Waals surface area contributed by atoms with Gasteiger partial charge in [-0.1, -0.05) is 18.5 Å². The van der Waals surface area contributed by atoms with E-state index in [2.05, 4.69) is 39.5 Å². The van der Waals surface area contributed by atoms with Crippen molar-refractivity contribution < 1.29 is 9.47 Å². The van der Waals surface area contributed by atoms with Crippen molar-refractivity contribution in [3.8, 4) is 0 Å². The van der Waals surface area contributed by atoms with Crippen LogP contribution in [-0.2, 0) is 22.3 Å². The normalized spacial score (nSPS) is 10.8. The quantitative estimate of drug-likeness (QED) is 0.420. The molecule has 0 unspecified atom stereocenters. The lowest BCUT2D eigenvalue weighted by Gasteiger charge is -2.07. The van der Waals surface area contributed by atoms with Crippen LogP contribution in [0.5, 0.6) is 0 Å². The van der Waals surface area contributed by atoms with Crippen molar-refractivity contribution in [2.45, 2.75) is 19.8 Å². The van der Waals surface area contributed by atoms with Crippen LogP contribution in [0.2, 0.25) is 5.15 Å². The zero-order valence-electron chi connectivity index (χ0n) is 10.0. The number of nitrogens with zero attached hydrogens (tertiary/aromatic N) is 2. The minimum absolute atomic E-state index is 0.532. The summed E-state index contributed by atoms with van der Waals surface area (Å²) in [7, 11) is 1.65. The number of aromatic nitrogens is 2. The number of hydrogen-bond donors (Lipinski definition) is 0. The Hall–Kier alpha value is 0.0200. The largest absolute Gasteiger partial charge is 0.382 e. The van der Waals surface area contributed by atoms with E-state index in [9.17, 15) is 0 Å². The van der Waals surface area contributed by atoms with Crippen molar-refractivity contribution in [2.75, 3.05) is 26.9 Å². The van der Waals surface area contributed by atoms with Crippen LogP contribution in [-0.4, -0.2) is 36.9 Å². The Morgan fingerprint density at radius 1 is 1.24 bits per heavy atom. The van der Waals surface area contributed by atoms with Gasteiger partial charge in [0.2, 0.25) is 0 Å². The number of ether oxygens (including phenoxy) is 2. The Morgan fingerprint density at radius 2 is 2.00 bits per heavy atom. The summed E-state index contributed by atoms with van der Waals surface area (Å²) in [5.41, 5.74) is 0.998. The first-order valence-electron chi connectivity index (χ1n) is 5.46. The number of rotatable bonds is 7. The first-order chi connectivity index (χ1) is 8.19. The second kappa shape index (κ2) is 8.18. The molecule has 0 N–H and O–H groups in total. The fourth-order valence-electron chi connectivity index (χ4n) is 1.27. The Bertz CT molecular complexity index is 364. The topological polar surface area (TPSA) is 44.2 Å². The Labute approximate surface area is 120 Å². The first kappa shape index (κ1) is 15.1. The average molecular weight is 371 g/mol. The van der Waals surface area contributed by atoms with Gasteiger partial charge in [-0.25, -0.2) is 9.97 Å². The van der Waals surface area contributed by atoms with Crippen LogP contribution in [0.25, 0.3) is 0 Å². The highest BCUT2D eigenvalue weighted by Crippen LogP contribution is 2.19. The van der Waals surface area contributed by atoms with Crippen molar-refractivity contribution >= 4 is 34.2 Å². The van der Waals surface area contributed by atoms with Crippen LogP contribution in [0, 0.1) is 3.57 Å². The van der Waals surface area contributed by atoms with E-state index in [0.717, 1.165) is 21.5 Å². The van der Waals surface area contributed by atoms with Crippen LogP contribution in [0.4, 0.5) is 0 Å². The van der Waals surface area contributed by atoms with Gasteiger partial charge in [-0.05, 0) is 29.0 Å². The highest BCUT2D eigenvalue weighted by molar-refractivity contribution is 14.1. The van der Waals surface area contributed by atoms with Gasteiger partial charge in [-0.3, -0.25) is 0 Å². The van der Waals surface area contributed by atoms with E-state index in [1.165, 1.54) is 0 Å². The number of aryl methyl sites for hydroxylation is 1. The molecule has 0 aliphatic carbocycles. The minimum Gasteiger partial charge on any atom is -0.382 e. The molecule has 0 saturated heterocycles. The van der Waals surface area contributed by atoms with Gasteiger partial charge in [0.1, 0.15) is 11.0 Å². The molecule has 1 aromatic rings. The molecule has 0 radical (unpaired) electrons. The van der Waals surface area contributed by atoms with Crippen LogP contribution < -0.4 is 0 Å². The van der Waals surface area contributed by atoms with E-state index in [0.29, 0.717) is 31.4 Å². The van der Waals surface area contributed by atoms with E-state index < -0.39 is 0 Å². The van der Waals surface area contributed by atoms with Crippen molar-refractivity contribution in [3.63, 3.8) is 0 Å². The van der Waals surface area contributed by atoms with Gasteiger partial charge >= 0.3 is 0 Å². The summed E-state index contributed by atoms with van der Waals surface area (Å²) in [6.07, 6.45) is 1.53. The maximum atomic E-state index is 6.04. The summed E-state index contributed by atoms with van der Waals surface area (Å²) in [6.45, 7) is 3.84. The summed E-state index contributed by atoms with van der Waals surface area (Å²) in [6, 6.07) is 0. The highest BCUT2D eigenvalue weighted by Gasteiger charge is 2.08. The zero-order chi connectivity index (χ0) is 12.7. The second-order valence-electron chi connectivity index (χ2n) is 3.40. The van der Waals surface area contributed by atoms with E-state index in [-0.39, 0.29) is 0 Å². The second-order valence-corrected chi connectivity index (χ2v) is 4.84. The van der Waals surface area contributed by atoms with E-state index >= 15 is 0 Å². The van der Waals surface area contributed by atoms with Crippen LogP contribution in [0.1, 0.15) is 18.4 Å². The summed E-state index contributed by atoms with van der Waals surface area (Å²) in [4.78, 5) is 8.69. The van der Waals surface area contributed by atoms with E-state index in [1.807, 2.05) is 0 Å². The third kappa shape index (κ3) is 5.03. The van der Waals surface area contributed by atoms with Crippen molar-refractivity contribution in [1.29, 1.82) is 0 Å². The van der Waals surface area contributed by atoms with E-state index in [1.54, 1.807) is 7.11 Å². The molecule has 1 rings (SSSR count). The molecule has 0 saturated carbocycles. The molecule has 96 valence electrons. The van der Waals surface area contributed by atoms with Gasteiger partial charge in [0, 0.05) is 13.5 Å². The molecule has 4 nitrogen and oxygen atoms in total. The van der Waals surface area contributed by atoms with Crippen molar-refractivity contribution in [3.05, 3.63) is 20.2 Å². The molecular weight excluding hydrogens is 354 g/mol. The zero-order valence-corrected chi connectivity index (χ0v) is 12.9.